The van der Waals surface area contributed by atoms with Crippen LogP contribution in [0.25, 0.3) is 0 Å². The maximum atomic E-state index is 11.7. The van der Waals surface area contributed by atoms with E-state index in [0.29, 0.717) is 5.56 Å². The summed E-state index contributed by atoms with van der Waals surface area (Å²) < 4.78 is 0.847. The number of rotatable bonds is 4. The molecule has 0 radical (unpaired) electrons. The van der Waals surface area contributed by atoms with E-state index in [1.165, 1.54) is 0 Å². The van der Waals surface area contributed by atoms with Gasteiger partial charge in [0.25, 0.3) is 5.91 Å². The Balaban J connectivity index is 2.53. The van der Waals surface area contributed by atoms with Gasteiger partial charge in [-0.1, -0.05) is 22.0 Å². The quantitative estimate of drug-likeness (QED) is 0.769. The van der Waals surface area contributed by atoms with Crippen LogP contribution in [0.2, 0.25) is 0 Å². The summed E-state index contributed by atoms with van der Waals surface area (Å²) in [5, 5.41) is 11.8. The number of halogens is 1. The van der Waals surface area contributed by atoms with Gasteiger partial charge in [-0.05, 0) is 25.1 Å². The molecule has 1 aromatic carbocycles. The van der Waals surface area contributed by atoms with Crippen molar-refractivity contribution in [2.75, 3.05) is 6.54 Å². The number of nitrogens with one attached hydrogen (secondary N) is 1. The van der Waals surface area contributed by atoms with Crippen LogP contribution in [0.4, 0.5) is 0 Å². The summed E-state index contributed by atoms with van der Waals surface area (Å²) in [6.45, 7) is 1.85. The minimum atomic E-state index is -0.636. The second-order valence-corrected chi connectivity index (χ2v) is 4.54. The smallest absolute Gasteiger partial charge is 0.251 e. The Hall–Kier alpha value is -0.910. The molecule has 0 saturated carbocycles. The van der Waals surface area contributed by atoms with Gasteiger partial charge < -0.3 is 16.2 Å². The largest absolute Gasteiger partial charge is 0.392 e. The highest BCUT2D eigenvalue weighted by Crippen LogP contribution is 2.11. The van der Waals surface area contributed by atoms with Gasteiger partial charge in [-0.15, -0.1) is 0 Å². The van der Waals surface area contributed by atoms with E-state index in [1.54, 1.807) is 25.1 Å². The molecule has 0 fully saturated rings. The molecule has 0 spiro atoms. The van der Waals surface area contributed by atoms with E-state index in [0.717, 1.165) is 4.47 Å². The third kappa shape index (κ3) is 3.92. The monoisotopic (exact) mass is 286 g/mol. The van der Waals surface area contributed by atoms with Gasteiger partial charge in [0, 0.05) is 22.6 Å². The van der Waals surface area contributed by atoms with E-state index in [9.17, 15) is 4.79 Å². The van der Waals surface area contributed by atoms with Crippen molar-refractivity contribution in [3.63, 3.8) is 0 Å². The predicted octanol–water partition coefficient (Wildman–Crippen LogP) is 0.887. The van der Waals surface area contributed by atoms with Gasteiger partial charge in [0.2, 0.25) is 0 Å². The third-order valence-corrected chi connectivity index (χ3v) is 2.70. The Morgan fingerprint density at radius 3 is 2.88 bits per heavy atom. The van der Waals surface area contributed by atoms with E-state index in [2.05, 4.69) is 21.2 Å². The number of aliphatic hydroxyl groups is 1. The fraction of sp³-hybridized carbons (Fsp3) is 0.364. The van der Waals surface area contributed by atoms with Gasteiger partial charge in [0.1, 0.15) is 0 Å². The molecule has 4 N–H and O–H groups in total. The number of hydrogen-bond acceptors (Lipinski definition) is 3. The minimum Gasteiger partial charge on any atom is -0.392 e. The lowest BCUT2D eigenvalue weighted by atomic mass is 10.2. The van der Waals surface area contributed by atoms with Crippen molar-refractivity contribution in [3.05, 3.63) is 34.3 Å². The zero-order valence-corrected chi connectivity index (χ0v) is 10.6. The van der Waals surface area contributed by atoms with Crippen LogP contribution in [-0.4, -0.2) is 29.7 Å². The normalized spacial score (nSPS) is 14.2. The van der Waals surface area contributed by atoms with Crippen molar-refractivity contribution in [2.24, 2.45) is 5.73 Å². The molecular weight excluding hydrogens is 272 g/mol. The number of carbonyl (C=O) groups is 1. The van der Waals surface area contributed by atoms with Crippen LogP contribution < -0.4 is 11.1 Å². The Morgan fingerprint density at radius 2 is 2.31 bits per heavy atom. The van der Waals surface area contributed by atoms with Crippen LogP contribution in [-0.2, 0) is 0 Å². The fourth-order valence-corrected chi connectivity index (χ4v) is 1.51. The molecule has 4 nitrogen and oxygen atoms in total. The van der Waals surface area contributed by atoms with E-state index >= 15 is 0 Å². The first-order chi connectivity index (χ1) is 7.50. The van der Waals surface area contributed by atoms with E-state index < -0.39 is 12.1 Å². The zero-order valence-electron chi connectivity index (χ0n) is 8.98. The molecule has 0 bridgehead atoms. The number of aliphatic hydroxyl groups excluding tert-OH is 1. The molecular formula is C11H15BrN2O2. The Kier molecular flexibility index (Phi) is 4.92. The molecule has 0 heterocycles. The molecule has 88 valence electrons. The lowest BCUT2D eigenvalue weighted by molar-refractivity contribution is 0.0937. The molecule has 1 amide bonds. The lowest BCUT2D eigenvalue weighted by Gasteiger charge is -2.15. The molecule has 5 heteroatoms. The summed E-state index contributed by atoms with van der Waals surface area (Å²) in [5.74, 6) is -0.197. The molecule has 0 aliphatic rings. The van der Waals surface area contributed by atoms with Crippen LogP contribution in [0.3, 0.4) is 0 Å². The number of amides is 1. The average Bonchev–Trinajstić information content (AvgIpc) is 2.25. The van der Waals surface area contributed by atoms with Crippen molar-refractivity contribution in [2.45, 2.75) is 19.1 Å². The average molecular weight is 287 g/mol. The maximum Gasteiger partial charge on any atom is 0.251 e. The van der Waals surface area contributed by atoms with Crippen LogP contribution >= 0.6 is 15.9 Å². The predicted molar refractivity (Wildman–Crippen MR) is 66.1 cm³/mol. The highest BCUT2D eigenvalue weighted by atomic mass is 79.9. The van der Waals surface area contributed by atoms with Gasteiger partial charge in [0.15, 0.2) is 0 Å². The SMILES string of the molecule is CC(O)C(N)CNC(=O)c1cccc(Br)c1. The highest BCUT2D eigenvalue weighted by Gasteiger charge is 2.11. The molecule has 0 aliphatic heterocycles. The molecule has 2 unspecified atom stereocenters. The summed E-state index contributed by atoms with van der Waals surface area (Å²) in [7, 11) is 0. The van der Waals surface area contributed by atoms with Crippen molar-refractivity contribution in [3.8, 4) is 0 Å². The van der Waals surface area contributed by atoms with E-state index in [-0.39, 0.29) is 12.5 Å². The lowest BCUT2D eigenvalue weighted by Crippen LogP contribution is -2.43. The number of benzene rings is 1. The highest BCUT2D eigenvalue weighted by molar-refractivity contribution is 9.10. The maximum absolute atomic E-state index is 11.7. The summed E-state index contributed by atoms with van der Waals surface area (Å²) in [6, 6.07) is 6.62. The van der Waals surface area contributed by atoms with Gasteiger partial charge in [-0.2, -0.15) is 0 Å². The van der Waals surface area contributed by atoms with Crippen LogP contribution in [0, 0.1) is 0 Å². The Bertz CT molecular complexity index is 369. The van der Waals surface area contributed by atoms with Gasteiger partial charge in [-0.3, -0.25) is 4.79 Å². The standard InChI is InChI=1S/C11H15BrN2O2/c1-7(15)10(13)6-14-11(16)8-3-2-4-9(12)5-8/h2-5,7,10,15H,6,13H2,1H3,(H,14,16). The van der Waals surface area contributed by atoms with Gasteiger partial charge in [0.05, 0.1) is 6.10 Å². The van der Waals surface area contributed by atoms with Crippen LogP contribution in [0.5, 0.6) is 0 Å². The topological polar surface area (TPSA) is 75.3 Å². The second-order valence-electron chi connectivity index (χ2n) is 3.62. The van der Waals surface area contributed by atoms with E-state index in [4.69, 9.17) is 10.8 Å². The molecule has 0 aliphatic carbocycles. The number of hydrogen-bond donors (Lipinski definition) is 3. The third-order valence-electron chi connectivity index (χ3n) is 2.20. The van der Waals surface area contributed by atoms with Gasteiger partial charge >= 0.3 is 0 Å². The summed E-state index contributed by atoms with van der Waals surface area (Å²) >= 11 is 3.29. The van der Waals surface area contributed by atoms with Crippen molar-refractivity contribution in [1.29, 1.82) is 0 Å². The Morgan fingerprint density at radius 1 is 1.62 bits per heavy atom. The molecule has 2 atom stereocenters. The first-order valence-corrected chi connectivity index (χ1v) is 5.77. The van der Waals surface area contributed by atoms with Gasteiger partial charge in [-0.25, -0.2) is 0 Å². The molecule has 1 rings (SSSR count). The number of carbonyl (C=O) groups excluding carboxylic acids is 1. The summed E-state index contributed by atoms with van der Waals surface area (Å²) in [4.78, 5) is 11.7. The van der Waals surface area contributed by atoms with Crippen LogP contribution in [0.15, 0.2) is 28.7 Å². The van der Waals surface area contributed by atoms with Crippen molar-refractivity contribution in [1.82, 2.24) is 5.32 Å². The fourth-order valence-electron chi connectivity index (χ4n) is 1.11. The molecule has 0 aromatic heterocycles. The molecule has 16 heavy (non-hydrogen) atoms. The van der Waals surface area contributed by atoms with Crippen molar-refractivity contribution < 1.29 is 9.90 Å². The minimum absolute atomic E-state index is 0.197. The van der Waals surface area contributed by atoms with Crippen LogP contribution in [0.1, 0.15) is 17.3 Å². The molecule has 0 saturated heterocycles. The summed E-state index contributed by atoms with van der Waals surface area (Å²) in [6.07, 6.45) is -0.636. The van der Waals surface area contributed by atoms with Crippen molar-refractivity contribution >= 4 is 21.8 Å². The number of nitrogens with two attached hydrogens (primary N) is 1. The van der Waals surface area contributed by atoms with E-state index in [1.807, 2.05) is 6.07 Å². The summed E-state index contributed by atoms with van der Waals surface area (Å²) in [5.41, 5.74) is 6.16. The first-order valence-electron chi connectivity index (χ1n) is 4.98. The second kappa shape index (κ2) is 5.98. The first kappa shape index (κ1) is 13.2. The zero-order chi connectivity index (χ0) is 12.1. The molecule has 1 aromatic rings. The Labute approximate surface area is 103 Å².